The Morgan fingerprint density at radius 1 is 1.67 bits per heavy atom. The number of methoxy groups -OCH3 is 1. The second-order valence-electron chi connectivity index (χ2n) is 2.70. The lowest BCUT2D eigenvalue weighted by molar-refractivity contribution is 0.0600. The van der Waals surface area contributed by atoms with Crippen LogP contribution in [-0.2, 0) is 10.6 Å². The smallest absolute Gasteiger partial charge is 0.339 e. The van der Waals surface area contributed by atoms with Crippen LogP contribution in [0.1, 0.15) is 21.5 Å². The summed E-state index contributed by atoms with van der Waals surface area (Å²) in [5, 5.41) is 8.72. The first-order valence-corrected chi connectivity index (χ1v) is 4.55. The number of carbonyl (C=O) groups is 1. The van der Waals surface area contributed by atoms with Crippen LogP contribution < -0.4 is 0 Å². The molecular weight excluding hydrogens is 221 g/mol. The Morgan fingerprint density at radius 3 is 2.80 bits per heavy atom. The van der Waals surface area contributed by atoms with E-state index in [1.54, 1.807) is 6.07 Å². The number of halogens is 2. The van der Waals surface area contributed by atoms with Crippen molar-refractivity contribution >= 4 is 17.6 Å². The van der Waals surface area contributed by atoms with Crippen LogP contribution in [0, 0.1) is 17.1 Å². The average molecular weight is 228 g/mol. The number of esters is 1. The molecule has 0 fully saturated rings. The van der Waals surface area contributed by atoms with Crippen LogP contribution in [0.4, 0.5) is 4.39 Å². The van der Waals surface area contributed by atoms with Crippen molar-refractivity contribution in [2.45, 2.75) is 5.88 Å². The molecule has 0 unspecified atom stereocenters. The summed E-state index contributed by atoms with van der Waals surface area (Å²) in [7, 11) is 1.16. The van der Waals surface area contributed by atoms with Crippen LogP contribution in [0.3, 0.4) is 0 Å². The number of alkyl halides is 1. The summed E-state index contributed by atoms with van der Waals surface area (Å²) in [6.45, 7) is 0. The zero-order valence-electron chi connectivity index (χ0n) is 7.88. The molecule has 0 aliphatic rings. The van der Waals surface area contributed by atoms with Crippen LogP contribution in [0.2, 0.25) is 0 Å². The lowest BCUT2D eigenvalue weighted by Crippen LogP contribution is -2.07. The van der Waals surface area contributed by atoms with Gasteiger partial charge in [0.25, 0.3) is 0 Å². The molecule has 5 heteroatoms. The van der Waals surface area contributed by atoms with Crippen LogP contribution in [0.15, 0.2) is 12.1 Å². The highest BCUT2D eigenvalue weighted by Gasteiger charge is 2.18. The van der Waals surface area contributed by atoms with Gasteiger partial charge in [-0.3, -0.25) is 0 Å². The normalized spacial score (nSPS) is 9.47. The second kappa shape index (κ2) is 4.76. The number of benzene rings is 1. The molecule has 0 saturated carbocycles. The van der Waals surface area contributed by atoms with Gasteiger partial charge in [-0.25, -0.2) is 9.18 Å². The Kier molecular flexibility index (Phi) is 3.64. The number of nitriles is 1. The first-order chi connectivity index (χ1) is 7.15. The predicted molar refractivity (Wildman–Crippen MR) is 52.0 cm³/mol. The molecule has 78 valence electrons. The fourth-order valence-corrected chi connectivity index (χ4v) is 1.32. The molecule has 0 aromatic heterocycles. The van der Waals surface area contributed by atoms with E-state index in [9.17, 15) is 9.18 Å². The van der Waals surface area contributed by atoms with Gasteiger partial charge in [0.05, 0.1) is 18.6 Å². The maximum absolute atomic E-state index is 13.5. The molecule has 0 atom stereocenters. The van der Waals surface area contributed by atoms with E-state index in [4.69, 9.17) is 16.9 Å². The summed E-state index contributed by atoms with van der Waals surface area (Å²) < 4.78 is 17.9. The zero-order chi connectivity index (χ0) is 11.4. The fourth-order valence-electron chi connectivity index (χ4n) is 1.11. The highest BCUT2D eigenvalue weighted by Crippen LogP contribution is 2.19. The van der Waals surface area contributed by atoms with Gasteiger partial charge in [-0.2, -0.15) is 5.26 Å². The van der Waals surface area contributed by atoms with Crippen molar-refractivity contribution in [2.75, 3.05) is 7.11 Å². The molecule has 0 bridgehead atoms. The summed E-state index contributed by atoms with van der Waals surface area (Å²) in [4.78, 5) is 11.2. The summed E-state index contributed by atoms with van der Waals surface area (Å²) in [6.07, 6.45) is 0. The van der Waals surface area contributed by atoms with Gasteiger partial charge in [0.15, 0.2) is 0 Å². The van der Waals surface area contributed by atoms with Gasteiger partial charge >= 0.3 is 5.97 Å². The van der Waals surface area contributed by atoms with Crippen LogP contribution in [-0.4, -0.2) is 13.1 Å². The maximum Gasteiger partial charge on any atom is 0.339 e. The summed E-state index contributed by atoms with van der Waals surface area (Å²) >= 11 is 5.46. The third-order valence-corrected chi connectivity index (χ3v) is 2.17. The summed E-state index contributed by atoms with van der Waals surface area (Å²) in [5.74, 6) is -1.57. The van der Waals surface area contributed by atoms with E-state index < -0.39 is 11.8 Å². The summed E-state index contributed by atoms with van der Waals surface area (Å²) in [6, 6.07) is 4.30. The molecule has 0 radical (unpaired) electrons. The topological polar surface area (TPSA) is 50.1 Å². The molecular formula is C10H7ClFNO2. The van der Waals surface area contributed by atoms with Crippen LogP contribution in [0.5, 0.6) is 0 Å². The molecule has 0 saturated heterocycles. The molecule has 0 amide bonds. The van der Waals surface area contributed by atoms with Gasteiger partial charge in [0, 0.05) is 5.56 Å². The lowest BCUT2D eigenvalue weighted by Gasteiger charge is -2.05. The quantitative estimate of drug-likeness (QED) is 0.575. The highest BCUT2D eigenvalue weighted by atomic mass is 35.5. The van der Waals surface area contributed by atoms with E-state index in [1.807, 2.05) is 0 Å². The standard InChI is InChI=1S/C10H7ClFNO2/c1-15-10(14)7-3-2-6(4-11)9(12)8(7)5-13/h2-3H,4H2,1H3. The van der Waals surface area contributed by atoms with Gasteiger partial charge < -0.3 is 4.74 Å². The minimum atomic E-state index is -0.768. The monoisotopic (exact) mass is 227 g/mol. The predicted octanol–water partition coefficient (Wildman–Crippen LogP) is 2.22. The van der Waals surface area contributed by atoms with Crippen molar-refractivity contribution in [3.63, 3.8) is 0 Å². The Balaban J connectivity index is 3.39. The first-order valence-electron chi connectivity index (χ1n) is 4.01. The van der Waals surface area contributed by atoms with E-state index in [0.717, 1.165) is 7.11 Å². The van der Waals surface area contributed by atoms with Crippen molar-refractivity contribution < 1.29 is 13.9 Å². The van der Waals surface area contributed by atoms with Gasteiger partial charge in [0.1, 0.15) is 17.4 Å². The van der Waals surface area contributed by atoms with Crippen LogP contribution >= 0.6 is 11.6 Å². The van der Waals surface area contributed by atoms with E-state index in [-0.39, 0.29) is 22.6 Å². The van der Waals surface area contributed by atoms with Gasteiger partial charge in [-0.1, -0.05) is 6.07 Å². The van der Waals surface area contributed by atoms with E-state index in [0.29, 0.717) is 0 Å². The van der Waals surface area contributed by atoms with Gasteiger partial charge in [0.2, 0.25) is 0 Å². The van der Waals surface area contributed by atoms with Gasteiger partial charge in [-0.15, -0.1) is 11.6 Å². The number of rotatable bonds is 2. The van der Waals surface area contributed by atoms with Crippen molar-refractivity contribution in [1.82, 2.24) is 0 Å². The van der Waals surface area contributed by atoms with Gasteiger partial charge in [-0.05, 0) is 6.07 Å². The van der Waals surface area contributed by atoms with E-state index in [1.165, 1.54) is 12.1 Å². The molecule has 0 N–H and O–H groups in total. The second-order valence-corrected chi connectivity index (χ2v) is 2.97. The minimum absolute atomic E-state index is 0.0536. The SMILES string of the molecule is COC(=O)c1ccc(CCl)c(F)c1C#N. The molecule has 0 aliphatic carbocycles. The number of carbonyl (C=O) groups excluding carboxylic acids is 1. The lowest BCUT2D eigenvalue weighted by atomic mass is 10.0. The van der Waals surface area contributed by atoms with Crippen molar-refractivity contribution in [2.24, 2.45) is 0 Å². The molecule has 0 heterocycles. The van der Waals surface area contributed by atoms with E-state index >= 15 is 0 Å². The molecule has 1 aromatic rings. The Bertz CT molecular complexity index is 440. The number of hydrogen-bond donors (Lipinski definition) is 0. The third-order valence-electron chi connectivity index (χ3n) is 1.88. The highest BCUT2D eigenvalue weighted by molar-refractivity contribution is 6.17. The molecule has 0 spiro atoms. The fraction of sp³-hybridized carbons (Fsp3) is 0.200. The largest absolute Gasteiger partial charge is 0.465 e. The molecule has 15 heavy (non-hydrogen) atoms. The Hall–Kier alpha value is -1.60. The molecule has 1 aromatic carbocycles. The number of nitrogens with zero attached hydrogens (tertiary/aromatic N) is 1. The average Bonchev–Trinajstić information content (AvgIpc) is 2.27. The number of hydrogen-bond acceptors (Lipinski definition) is 3. The molecule has 1 rings (SSSR count). The maximum atomic E-state index is 13.5. The summed E-state index contributed by atoms with van der Waals surface area (Å²) in [5.41, 5.74) is -0.243. The van der Waals surface area contributed by atoms with E-state index in [2.05, 4.69) is 4.74 Å². The molecule has 0 aliphatic heterocycles. The molecule has 3 nitrogen and oxygen atoms in total. The van der Waals surface area contributed by atoms with Crippen molar-refractivity contribution in [3.05, 3.63) is 34.6 Å². The number of ether oxygens (including phenoxy) is 1. The first kappa shape index (κ1) is 11.5. The minimum Gasteiger partial charge on any atom is -0.465 e. The van der Waals surface area contributed by atoms with Crippen LogP contribution in [0.25, 0.3) is 0 Å². The third kappa shape index (κ3) is 2.08. The Labute approximate surface area is 91.0 Å². The van der Waals surface area contributed by atoms with Crippen molar-refractivity contribution in [3.8, 4) is 6.07 Å². The Morgan fingerprint density at radius 2 is 2.33 bits per heavy atom. The zero-order valence-corrected chi connectivity index (χ0v) is 8.64. The van der Waals surface area contributed by atoms with Crippen molar-refractivity contribution in [1.29, 1.82) is 5.26 Å².